The van der Waals surface area contributed by atoms with Crippen molar-refractivity contribution in [2.75, 3.05) is 19.8 Å². The molecule has 0 heterocycles. The standard InChI is InChI=1S/C19H20F3O3.W/c20-18(19(21)22)13-25-17-8-4-15(5-9-17)12-14-2-6-16(7-3-14)24-11-1-10-23;/h1-9,18-19,23H,10-13H2;/q-1;. The van der Waals surface area contributed by atoms with E-state index in [9.17, 15) is 13.2 Å². The summed E-state index contributed by atoms with van der Waals surface area (Å²) < 4.78 is 47.4. The third-order valence-corrected chi connectivity index (χ3v) is 3.43. The predicted octanol–water partition coefficient (Wildman–Crippen LogP) is 3.83. The number of aliphatic hydroxyl groups is 1. The molecular weight excluding hydrogens is 517 g/mol. The molecular formula is C19H20F3O3W-. The monoisotopic (exact) mass is 537 g/mol. The van der Waals surface area contributed by atoms with Gasteiger partial charge in [0.2, 0.25) is 0 Å². The zero-order valence-electron chi connectivity index (χ0n) is 14.0. The summed E-state index contributed by atoms with van der Waals surface area (Å²) in [6.45, 7) is -0.333. The second-order valence-electron chi connectivity index (χ2n) is 5.41. The number of alkyl halides is 3. The molecule has 1 atom stereocenters. The number of hydrogen-bond acceptors (Lipinski definition) is 3. The summed E-state index contributed by atoms with van der Waals surface area (Å²) in [5.74, 6) is 1.08. The van der Waals surface area contributed by atoms with Crippen LogP contribution in [-0.2, 0) is 27.5 Å². The quantitative estimate of drug-likeness (QED) is 0.370. The molecule has 2 aromatic carbocycles. The van der Waals surface area contributed by atoms with Gasteiger partial charge in [0, 0.05) is 21.1 Å². The number of ether oxygens (including phenoxy) is 2. The number of halogens is 3. The first-order valence-electron chi connectivity index (χ1n) is 7.86. The first-order chi connectivity index (χ1) is 12.1. The molecule has 1 unspecified atom stereocenters. The van der Waals surface area contributed by atoms with Gasteiger partial charge in [0.05, 0.1) is 0 Å². The smallest absolute Gasteiger partial charge is 0.272 e. The molecule has 0 aliphatic heterocycles. The van der Waals surface area contributed by atoms with Crippen molar-refractivity contribution >= 4 is 0 Å². The molecule has 0 amide bonds. The van der Waals surface area contributed by atoms with E-state index in [0.29, 0.717) is 18.8 Å². The van der Waals surface area contributed by atoms with E-state index in [1.165, 1.54) is 0 Å². The molecule has 0 saturated carbocycles. The van der Waals surface area contributed by atoms with Crippen LogP contribution in [0, 0.1) is 6.42 Å². The van der Waals surface area contributed by atoms with E-state index in [2.05, 4.69) is 0 Å². The molecule has 0 spiro atoms. The molecule has 0 saturated heterocycles. The molecule has 26 heavy (non-hydrogen) atoms. The SMILES string of the molecule is OC[CH-]COc1ccc(Cc2ccc(OCC(F)C(F)F)cc2)cc1.[W]. The molecule has 142 valence electrons. The fourth-order valence-corrected chi connectivity index (χ4v) is 2.10. The topological polar surface area (TPSA) is 38.7 Å². The van der Waals surface area contributed by atoms with Gasteiger partial charge in [0.1, 0.15) is 18.1 Å². The van der Waals surface area contributed by atoms with Gasteiger partial charge in [-0.15, -0.1) is 0 Å². The van der Waals surface area contributed by atoms with Gasteiger partial charge in [0.15, 0.2) is 6.17 Å². The Balaban J connectivity index is 0.00000338. The van der Waals surface area contributed by atoms with Gasteiger partial charge >= 0.3 is 0 Å². The van der Waals surface area contributed by atoms with Crippen LogP contribution in [0.1, 0.15) is 11.1 Å². The summed E-state index contributed by atoms with van der Waals surface area (Å²) >= 11 is 0. The van der Waals surface area contributed by atoms with Crippen LogP contribution in [0.2, 0.25) is 0 Å². The molecule has 0 fully saturated rings. The van der Waals surface area contributed by atoms with Crippen LogP contribution in [0.3, 0.4) is 0 Å². The van der Waals surface area contributed by atoms with Gasteiger partial charge < -0.3 is 14.6 Å². The Labute approximate surface area is 165 Å². The fraction of sp³-hybridized carbons (Fsp3) is 0.316. The van der Waals surface area contributed by atoms with Gasteiger partial charge in [-0.25, -0.2) is 13.2 Å². The third-order valence-electron chi connectivity index (χ3n) is 3.43. The van der Waals surface area contributed by atoms with Crippen molar-refractivity contribution in [3.05, 3.63) is 66.1 Å². The summed E-state index contributed by atoms with van der Waals surface area (Å²) in [6.07, 6.45) is -3.01. The van der Waals surface area contributed by atoms with E-state index < -0.39 is 19.2 Å². The van der Waals surface area contributed by atoms with Crippen LogP contribution in [0.15, 0.2) is 48.5 Å². The van der Waals surface area contributed by atoms with Crippen molar-refractivity contribution < 1.29 is 48.8 Å². The van der Waals surface area contributed by atoms with E-state index in [4.69, 9.17) is 14.6 Å². The second-order valence-corrected chi connectivity index (χ2v) is 5.41. The molecule has 0 aromatic heterocycles. The maximum atomic E-state index is 12.8. The van der Waals surface area contributed by atoms with Crippen LogP contribution in [-0.4, -0.2) is 37.5 Å². The van der Waals surface area contributed by atoms with E-state index in [0.717, 1.165) is 16.9 Å². The van der Waals surface area contributed by atoms with E-state index in [1.807, 2.05) is 36.4 Å². The van der Waals surface area contributed by atoms with E-state index in [1.54, 1.807) is 18.6 Å². The van der Waals surface area contributed by atoms with Crippen LogP contribution < -0.4 is 9.47 Å². The molecule has 0 bridgehead atoms. The first kappa shape index (κ1) is 22.5. The molecule has 2 aromatic rings. The van der Waals surface area contributed by atoms with Crippen LogP contribution in [0.25, 0.3) is 0 Å². The number of aliphatic hydroxyl groups excluding tert-OH is 1. The summed E-state index contributed by atoms with van der Waals surface area (Å²) in [6, 6.07) is 14.5. The van der Waals surface area contributed by atoms with Gasteiger partial charge in [0.25, 0.3) is 6.43 Å². The maximum Gasteiger partial charge on any atom is 0.272 e. The summed E-state index contributed by atoms with van der Waals surface area (Å²) in [5.41, 5.74) is 2.09. The van der Waals surface area contributed by atoms with Crippen LogP contribution in [0.5, 0.6) is 11.5 Å². The van der Waals surface area contributed by atoms with Crippen molar-refractivity contribution in [1.29, 1.82) is 0 Å². The Morgan fingerprint density at radius 1 is 0.846 bits per heavy atom. The van der Waals surface area contributed by atoms with Crippen molar-refractivity contribution in [1.82, 2.24) is 0 Å². The molecule has 0 radical (unpaired) electrons. The number of benzene rings is 2. The molecule has 1 N–H and O–H groups in total. The van der Waals surface area contributed by atoms with Crippen molar-refractivity contribution in [2.45, 2.75) is 19.0 Å². The van der Waals surface area contributed by atoms with Crippen molar-refractivity contribution in [3.63, 3.8) is 0 Å². The normalized spacial score (nSPS) is 11.7. The average molecular weight is 537 g/mol. The minimum atomic E-state index is -3.03. The van der Waals surface area contributed by atoms with Crippen LogP contribution in [0.4, 0.5) is 13.2 Å². The Bertz CT molecular complexity index is 621. The predicted molar refractivity (Wildman–Crippen MR) is 89.0 cm³/mol. The third kappa shape index (κ3) is 7.79. The van der Waals surface area contributed by atoms with Gasteiger partial charge in [-0.05, 0) is 48.4 Å². The zero-order chi connectivity index (χ0) is 18.1. The number of rotatable bonds is 10. The summed E-state index contributed by atoms with van der Waals surface area (Å²) in [5, 5.41) is 8.66. The second kappa shape index (κ2) is 12.0. The molecule has 7 heteroatoms. The van der Waals surface area contributed by atoms with Gasteiger partial charge in [-0.1, -0.05) is 30.9 Å². The first-order valence-corrected chi connectivity index (χ1v) is 7.86. The largest absolute Gasteiger partial charge is 0.525 e. The van der Waals surface area contributed by atoms with Gasteiger partial charge in [-0.2, -0.15) is 0 Å². The van der Waals surface area contributed by atoms with Crippen molar-refractivity contribution in [2.24, 2.45) is 0 Å². The zero-order valence-corrected chi connectivity index (χ0v) is 16.9. The minimum Gasteiger partial charge on any atom is -0.525 e. The summed E-state index contributed by atoms with van der Waals surface area (Å²) in [4.78, 5) is 0. The Morgan fingerprint density at radius 3 is 1.81 bits per heavy atom. The Morgan fingerprint density at radius 2 is 1.35 bits per heavy atom. The van der Waals surface area contributed by atoms with Gasteiger partial charge in [-0.3, -0.25) is 6.42 Å². The fourth-order valence-electron chi connectivity index (χ4n) is 2.10. The Hall–Kier alpha value is -1.52. The molecule has 0 aliphatic rings. The van der Waals surface area contributed by atoms with E-state index in [-0.39, 0.29) is 27.7 Å². The Kier molecular flexibility index (Phi) is 10.4. The summed E-state index contributed by atoms with van der Waals surface area (Å²) in [7, 11) is 0. The van der Waals surface area contributed by atoms with E-state index >= 15 is 0 Å². The molecule has 0 aliphatic carbocycles. The minimum absolute atomic E-state index is 0. The molecule has 2 rings (SSSR count). The number of hydrogen-bond donors (Lipinski definition) is 1. The molecule has 3 nitrogen and oxygen atoms in total. The maximum absolute atomic E-state index is 12.8. The van der Waals surface area contributed by atoms with Crippen molar-refractivity contribution in [3.8, 4) is 11.5 Å². The average Bonchev–Trinajstić information content (AvgIpc) is 2.62. The van der Waals surface area contributed by atoms with Crippen LogP contribution >= 0.6 is 0 Å².